The highest BCUT2D eigenvalue weighted by Crippen LogP contribution is 2.21. The van der Waals surface area contributed by atoms with Crippen LogP contribution in [0, 0.1) is 20.8 Å². The number of hydrogen-bond acceptors (Lipinski definition) is 3. The lowest BCUT2D eigenvalue weighted by Crippen LogP contribution is -2.37. The van der Waals surface area contributed by atoms with Crippen molar-refractivity contribution in [2.45, 2.75) is 32.2 Å². The van der Waals surface area contributed by atoms with Crippen molar-refractivity contribution in [3.63, 3.8) is 0 Å². The highest BCUT2D eigenvalue weighted by Gasteiger charge is 2.20. The van der Waals surface area contributed by atoms with E-state index in [1.54, 1.807) is 13.8 Å². The molecule has 5 nitrogen and oxygen atoms in total. The molecule has 0 fully saturated rings. The van der Waals surface area contributed by atoms with Gasteiger partial charge in [0.05, 0.1) is 11.4 Å². The second-order valence-corrected chi connectivity index (χ2v) is 7.52. The van der Waals surface area contributed by atoms with Gasteiger partial charge >= 0.3 is 0 Å². The average Bonchev–Trinajstić information content (AvgIpc) is 2.50. The van der Waals surface area contributed by atoms with Crippen molar-refractivity contribution in [2.24, 2.45) is 0 Å². The molecule has 2 N–H and O–H groups in total. The first kappa shape index (κ1) is 18.2. The van der Waals surface area contributed by atoms with E-state index in [1.165, 1.54) is 0 Å². The van der Waals surface area contributed by atoms with Gasteiger partial charge in [-0.05, 0) is 37.5 Å². The molecule has 128 valence electrons. The zero-order valence-electron chi connectivity index (χ0n) is 14.1. The maximum Gasteiger partial charge on any atom is 0.241 e. The summed E-state index contributed by atoms with van der Waals surface area (Å²) in [5.74, 6) is -0.371. The Bertz CT molecular complexity index is 808. The third kappa shape index (κ3) is 4.66. The fourth-order valence-electron chi connectivity index (χ4n) is 2.68. The first-order valence-electron chi connectivity index (χ1n) is 7.68. The van der Waals surface area contributed by atoms with E-state index in [1.807, 2.05) is 49.4 Å². The van der Waals surface area contributed by atoms with E-state index in [2.05, 4.69) is 10.0 Å². The van der Waals surface area contributed by atoms with Crippen LogP contribution < -0.4 is 10.0 Å². The minimum absolute atomic E-state index is 0.240. The van der Waals surface area contributed by atoms with E-state index in [9.17, 15) is 13.2 Å². The van der Waals surface area contributed by atoms with Gasteiger partial charge in [-0.3, -0.25) is 4.79 Å². The maximum absolute atomic E-state index is 12.5. The largest absolute Gasteiger partial charge is 0.351 e. The Morgan fingerprint density at radius 1 is 1.00 bits per heavy atom. The normalized spacial score (nSPS) is 11.3. The number of benzene rings is 2. The summed E-state index contributed by atoms with van der Waals surface area (Å²) in [5.41, 5.74) is 3.30. The van der Waals surface area contributed by atoms with Crippen LogP contribution in [0.5, 0.6) is 0 Å². The van der Waals surface area contributed by atoms with Crippen LogP contribution in [-0.4, -0.2) is 20.9 Å². The van der Waals surface area contributed by atoms with Crippen LogP contribution in [0.15, 0.2) is 47.4 Å². The van der Waals surface area contributed by atoms with Crippen LogP contribution in [0.2, 0.25) is 0 Å². The molecule has 0 atom stereocenters. The van der Waals surface area contributed by atoms with E-state index in [4.69, 9.17) is 0 Å². The number of rotatable bonds is 6. The number of carbonyl (C=O) groups is 1. The fourth-order valence-corrected chi connectivity index (χ4v) is 4.11. The van der Waals surface area contributed by atoms with Gasteiger partial charge in [-0.2, -0.15) is 0 Å². The Balaban J connectivity index is 1.99. The lowest BCUT2D eigenvalue weighted by Gasteiger charge is -2.13. The van der Waals surface area contributed by atoms with Crippen LogP contribution in [-0.2, 0) is 21.4 Å². The van der Waals surface area contributed by atoms with Gasteiger partial charge in [-0.25, -0.2) is 13.1 Å². The molecule has 24 heavy (non-hydrogen) atoms. The fraction of sp³-hybridized carbons (Fsp3) is 0.278. The molecule has 0 aromatic heterocycles. The third-order valence-corrected chi connectivity index (χ3v) is 5.33. The van der Waals surface area contributed by atoms with Gasteiger partial charge in [0.25, 0.3) is 0 Å². The van der Waals surface area contributed by atoms with Gasteiger partial charge in [0.1, 0.15) is 0 Å². The van der Waals surface area contributed by atoms with E-state index >= 15 is 0 Å². The molecule has 0 saturated carbocycles. The van der Waals surface area contributed by atoms with Gasteiger partial charge < -0.3 is 5.32 Å². The molecule has 2 aromatic carbocycles. The summed E-state index contributed by atoms with van der Waals surface area (Å²) in [6.45, 7) is 5.50. The number of hydrogen-bond donors (Lipinski definition) is 2. The molecule has 0 bridgehead atoms. The second-order valence-electron chi connectivity index (χ2n) is 5.81. The number of aryl methyl sites for hydroxylation is 3. The highest BCUT2D eigenvalue weighted by molar-refractivity contribution is 7.89. The van der Waals surface area contributed by atoms with Crippen LogP contribution in [0.4, 0.5) is 0 Å². The molecule has 1 amide bonds. The predicted molar refractivity (Wildman–Crippen MR) is 94.1 cm³/mol. The summed E-state index contributed by atoms with van der Waals surface area (Å²) < 4.78 is 27.3. The molecular weight excluding hydrogens is 324 g/mol. The Hall–Kier alpha value is -2.18. The molecule has 0 aliphatic heterocycles. The zero-order valence-corrected chi connectivity index (χ0v) is 14.9. The lowest BCUT2D eigenvalue weighted by molar-refractivity contribution is -0.120. The standard InChI is InChI=1S/C18H22N2O3S/c1-13-9-14(2)18(15(3)10-13)24(22,23)20-12-17(21)19-11-16-7-5-4-6-8-16/h4-10,20H,11-12H2,1-3H3,(H,19,21). The number of nitrogens with one attached hydrogen (secondary N) is 2. The van der Waals surface area contributed by atoms with Gasteiger partial charge in [-0.1, -0.05) is 48.0 Å². The molecule has 6 heteroatoms. The summed E-state index contributed by atoms with van der Waals surface area (Å²) >= 11 is 0. The monoisotopic (exact) mass is 346 g/mol. The number of carbonyl (C=O) groups excluding carboxylic acids is 1. The number of amides is 1. The SMILES string of the molecule is Cc1cc(C)c(S(=O)(=O)NCC(=O)NCc2ccccc2)c(C)c1. The van der Waals surface area contributed by atoms with Gasteiger partial charge in [0.2, 0.25) is 15.9 Å². The molecule has 0 spiro atoms. The van der Waals surface area contributed by atoms with Gasteiger partial charge in [0, 0.05) is 6.54 Å². The van der Waals surface area contributed by atoms with Gasteiger partial charge in [0.15, 0.2) is 0 Å². The molecule has 2 aromatic rings. The van der Waals surface area contributed by atoms with Crippen LogP contribution in [0.25, 0.3) is 0 Å². The predicted octanol–water partition coefficient (Wildman–Crippen LogP) is 2.21. The Kier molecular flexibility index (Phi) is 5.75. The smallest absolute Gasteiger partial charge is 0.241 e. The molecule has 0 unspecified atom stereocenters. The molecular formula is C18H22N2O3S. The quantitative estimate of drug-likeness (QED) is 0.842. The minimum Gasteiger partial charge on any atom is -0.351 e. The van der Waals surface area contributed by atoms with E-state index < -0.39 is 10.0 Å². The Morgan fingerprint density at radius 3 is 2.17 bits per heavy atom. The highest BCUT2D eigenvalue weighted by atomic mass is 32.2. The van der Waals surface area contributed by atoms with Crippen LogP contribution in [0.1, 0.15) is 22.3 Å². The van der Waals surface area contributed by atoms with Gasteiger partial charge in [-0.15, -0.1) is 0 Å². The van der Waals surface area contributed by atoms with Crippen LogP contribution >= 0.6 is 0 Å². The molecule has 0 aliphatic carbocycles. The van der Waals surface area contributed by atoms with E-state index in [0.717, 1.165) is 11.1 Å². The summed E-state index contributed by atoms with van der Waals surface area (Å²) in [7, 11) is -3.73. The molecule has 0 aliphatic rings. The van der Waals surface area contributed by atoms with Crippen molar-refractivity contribution >= 4 is 15.9 Å². The molecule has 0 radical (unpaired) electrons. The van der Waals surface area contributed by atoms with E-state index in [0.29, 0.717) is 17.7 Å². The maximum atomic E-state index is 12.5. The van der Waals surface area contributed by atoms with Crippen LogP contribution in [0.3, 0.4) is 0 Å². The van der Waals surface area contributed by atoms with Crippen molar-refractivity contribution in [3.05, 3.63) is 64.7 Å². The van der Waals surface area contributed by atoms with Crippen molar-refractivity contribution in [3.8, 4) is 0 Å². The minimum atomic E-state index is -3.73. The summed E-state index contributed by atoms with van der Waals surface area (Å²) in [4.78, 5) is 12.1. The Labute approximate surface area is 143 Å². The summed E-state index contributed by atoms with van der Waals surface area (Å²) in [6.07, 6.45) is 0. The molecule has 2 rings (SSSR count). The van der Waals surface area contributed by atoms with Crippen molar-refractivity contribution in [2.75, 3.05) is 6.54 Å². The van der Waals surface area contributed by atoms with Crippen molar-refractivity contribution in [1.29, 1.82) is 0 Å². The average molecular weight is 346 g/mol. The summed E-state index contributed by atoms with van der Waals surface area (Å²) in [5, 5.41) is 2.70. The topological polar surface area (TPSA) is 75.3 Å². The summed E-state index contributed by atoms with van der Waals surface area (Å²) in [6, 6.07) is 13.1. The van der Waals surface area contributed by atoms with Crippen molar-refractivity contribution < 1.29 is 13.2 Å². The zero-order chi connectivity index (χ0) is 17.7. The first-order chi connectivity index (χ1) is 11.3. The first-order valence-corrected chi connectivity index (χ1v) is 9.16. The third-order valence-electron chi connectivity index (χ3n) is 3.63. The van der Waals surface area contributed by atoms with Crippen molar-refractivity contribution in [1.82, 2.24) is 10.0 Å². The second kappa shape index (κ2) is 7.59. The Morgan fingerprint density at radius 2 is 1.58 bits per heavy atom. The molecule has 0 saturated heterocycles. The molecule has 0 heterocycles. The number of sulfonamides is 1. The van der Waals surface area contributed by atoms with E-state index in [-0.39, 0.29) is 17.3 Å². The lowest BCUT2D eigenvalue weighted by atomic mass is 10.1.